The molecule has 0 aliphatic carbocycles. The Labute approximate surface area is 83.2 Å². The number of ether oxygens (including phenoxy) is 1. The van der Waals surface area contributed by atoms with Crippen LogP contribution in [0.4, 0.5) is 4.39 Å². The Morgan fingerprint density at radius 2 is 2.29 bits per heavy atom. The van der Waals surface area contributed by atoms with Crippen LogP contribution in [0.2, 0.25) is 0 Å². The molecule has 0 aromatic heterocycles. The van der Waals surface area contributed by atoms with Crippen LogP contribution in [0.5, 0.6) is 5.75 Å². The summed E-state index contributed by atoms with van der Waals surface area (Å²) in [6.45, 7) is -0.0643. The van der Waals surface area contributed by atoms with Crippen LogP contribution in [0.15, 0.2) is 24.3 Å². The van der Waals surface area contributed by atoms with Gasteiger partial charge in [-0.3, -0.25) is 0 Å². The Kier molecular flexibility index (Phi) is 4.13. The lowest BCUT2D eigenvalue weighted by Gasteiger charge is -2.07. The lowest BCUT2D eigenvalue weighted by molar-refractivity contribution is 0.410. The number of methoxy groups -OCH3 is 1. The molecule has 1 aromatic rings. The number of benzene rings is 1. The van der Waals surface area contributed by atoms with Crippen LogP contribution in [-0.4, -0.2) is 13.7 Å². The van der Waals surface area contributed by atoms with Crippen LogP contribution < -0.4 is 10.5 Å². The fourth-order valence-electron chi connectivity index (χ4n) is 1.26. The van der Waals surface area contributed by atoms with Gasteiger partial charge in [0.15, 0.2) is 0 Å². The molecule has 0 bridgehead atoms. The molecule has 0 aliphatic rings. The summed E-state index contributed by atoms with van der Waals surface area (Å²) >= 11 is 0. The molecule has 0 spiro atoms. The van der Waals surface area contributed by atoms with Crippen molar-refractivity contribution < 1.29 is 9.13 Å². The summed E-state index contributed by atoms with van der Waals surface area (Å²) in [6.07, 6.45) is 3.56. The fourth-order valence-corrected chi connectivity index (χ4v) is 1.26. The van der Waals surface area contributed by atoms with Gasteiger partial charge >= 0.3 is 0 Å². The van der Waals surface area contributed by atoms with E-state index in [9.17, 15) is 4.39 Å². The molecule has 2 nitrogen and oxygen atoms in total. The summed E-state index contributed by atoms with van der Waals surface area (Å²) in [4.78, 5) is 0. The quantitative estimate of drug-likeness (QED) is 0.798. The monoisotopic (exact) mass is 195 g/mol. The van der Waals surface area contributed by atoms with Crippen LogP contribution in [0.1, 0.15) is 11.1 Å². The summed E-state index contributed by atoms with van der Waals surface area (Å²) in [5.74, 6) is 0.671. The first kappa shape index (κ1) is 10.7. The smallest absolute Gasteiger partial charge is 0.126 e. The summed E-state index contributed by atoms with van der Waals surface area (Å²) in [5, 5.41) is 0. The van der Waals surface area contributed by atoms with Gasteiger partial charge in [-0.2, -0.15) is 0 Å². The van der Waals surface area contributed by atoms with Crippen molar-refractivity contribution >= 4 is 6.08 Å². The SMILES string of the molecule is COc1cccc(CF)c1/C=C/CN. The maximum atomic E-state index is 12.6. The van der Waals surface area contributed by atoms with Gasteiger partial charge in [0.1, 0.15) is 12.4 Å². The largest absolute Gasteiger partial charge is 0.496 e. The Hall–Kier alpha value is -1.35. The average Bonchev–Trinajstić information content (AvgIpc) is 2.25. The lowest BCUT2D eigenvalue weighted by atomic mass is 10.1. The van der Waals surface area contributed by atoms with E-state index in [0.29, 0.717) is 17.9 Å². The molecule has 14 heavy (non-hydrogen) atoms. The predicted molar refractivity (Wildman–Crippen MR) is 55.9 cm³/mol. The first-order valence-corrected chi connectivity index (χ1v) is 4.42. The van der Waals surface area contributed by atoms with Gasteiger partial charge in [0.25, 0.3) is 0 Å². The van der Waals surface area contributed by atoms with Gasteiger partial charge in [-0.15, -0.1) is 0 Å². The van der Waals surface area contributed by atoms with E-state index in [0.717, 1.165) is 5.56 Å². The van der Waals surface area contributed by atoms with Gasteiger partial charge in [0.2, 0.25) is 0 Å². The van der Waals surface area contributed by atoms with E-state index >= 15 is 0 Å². The second kappa shape index (κ2) is 5.40. The number of alkyl halides is 1. The zero-order valence-corrected chi connectivity index (χ0v) is 8.16. The zero-order chi connectivity index (χ0) is 10.4. The van der Waals surface area contributed by atoms with Crippen molar-refractivity contribution in [2.24, 2.45) is 5.73 Å². The highest BCUT2D eigenvalue weighted by Crippen LogP contribution is 2.24. The molecule has 2 N–H and O–H groups in total. The predicted octanol–water partition coefficient (Wildman–Crippen LogP) is 2.14. The third-order valence-electron chi connectivity index (χ3n) is 1.94. The van der Waals surface area contributed by atoms with Crippen molar-refractivity contribution in [1.82, 2.24) is 0 Å². The molecule has 0 saturated heterocycles. The highest BCUT2D eigenvalue weighted by molar-refractivity contribution is 5.61. The zero-order valence-electron chi connectivity index (χ0n) is 8.16. The lowest BCUT2D eigenvalue weighted by Crippen LogP contribution is -1.95. The minimum Gasteiger partial charge on any atom is -0.496 e. The molecular formula is C11H14FNO. The van der Waals surface area contributed by atoms with Gasteiger partial charge in [0, 0.05) is 12.1 Å². The van der Waals surface area contributed by atoms with E-state index in [4.69, 9.17) is 10.5 Å². The van der Waals surface area contributed by atoms with E-state index in [-0.39, 0.29) is 0 Å². The fraction of sp³-hybridized carbons (Fsp3) is 0.273. The van der Waals surface area contributed by atoms with E-state index in [1.54, 1.807) is 37.5 Å². The van der Waals surface area contributed by atoms with E-state index in [1.807, 2.05) is 0 Å². The Bertz CT molecular complexity index is 301. The first-order valence-electron chi connectivity index (χ1n) is 4.42. The average molecular weight is 195 g/mol. The van der Waals surface area contributed by atoms with Gasteiger partial charge in [0.05, 0.1) is 7.11 Å². The van der Waals surface area contributed by atoms with Gasteiger partial charge < -0.3 is 10.5 Å². The van der Waals surface area contributed by atoms with Gasteiger partial charge in [-0.1, -0.05) is 24.3 Å². The van der Waals surface area contributed by atoms with E-state index in [1.165, 1.54) is 0 Å². The number of halogens is 1. The van der Waals surface area contributed by atoms with Gasteiger partial charge in [-0.05, 0) is 11.6 Å². The molecule has 0 radical (unpaired) electrons. The maximum absolute atomic E-state index is 12.6. The molecule has 76 valence electrons. The standard InChI is InChI=1S/C11H14FNO/c1-14-11-6-2-4-9(8-12)10(11)5-3-7-13/h2-6H,7-8,13H2,1H3/b5-3+. The highest BCUT2D eigenvalue weighted by atomic mass is 19.1. The third-order valence-corrected chi connectivity index (χ3v) is 1.94. The molecular weight excluding hydrogens is 181 g/mol. The number of nitrogens with two attached hydrogens (primary N) is 1. The Morgan fingerprint density at radius 1 is 1.50 bits per heavy atom. The molecule has 0 saturated carbocycles. The second-order valence-corrected chi connectivity index (χ2v) is 2.80. The number of rotatable bonds is 4. The van der Waals surface area contributed by atoms with Crippen molar-refractivity contribution in [2.75, 3.05) is 13.7 Å². The Balaban J connectivity index is 3.12. The maximum Gasteiger partial charge on any atom is 0.126 e. The summed E-state index contributed by atoms with van der Waals surface area (Å²) in [6, 6.07) is 5.31. The minimum absolute atomic E-state index is 0.434. The van der Waals surface area contributed by atoms with Crippen molar-refractivity contribution in [3.63, 3.8) is 0 Å². The summed E-state index contributed by atoms with van der Waals surface area (Å²) in [5.41, 5.74) is 6.72. The number of hydrogen-bond acceptors (Lipinski definition) is 2. The van der Waals surface area contributed by atoms with E-state index < -0.39 is 6.67 Å². The molecule has 0 fully saturated rings. The molecule has 1 aromatic carbocycles. The third kappa shape index (κ3) is 2.33. The van der Waals surface area contributed by atoms with Crippen LogP contribution in [0.25, 0.3) is 6.08 Å². The van der Waals surface area contributed by atoms with Crippen molar-refractivity contribution in [2.45, 2.75) is 6.67 Å². The van der Waals surface area contributed by atoms with Crippen LogP contribution >= 0.6 is 0 Å². The van der Waals surface area contributed by atoms with Crippen LogP contribution in [0.3, 0.4) is 0 Å². The van der Waals surface area contributed by atoms with E-state index in [2.05, 4.69) is 0 Å². The highest BCUT2D eigenvalue weighted by Gasteiger charge is 2.04. The van der Waals surface area contributed by atoms with Crippen molar-refractivity contribution in [1.29, 1.82) is 0 Å². The van der Waals surface area contributed by atoms with Crippen molar-refractivity contribution in [3.05, 3.63) is 35.4 Å². The first-order chi connectivity index (χ1) is 6.83. The summed E-state index contributed by atoms with van der Waals surface area (Å²) < 4.78 is 17.7. The molecule has 0 atom stereocenters. The second-order valence-electron chi connectivity index (χ2n) is 2.80. The van der Waals surface area contributed by atoms with Crippen LogP contribution in [0, 0.1) is 0 Å². The Morgan fingerprint density at radius 3 is 2.86 bits per heavy atom. The normalized spacial score (nSPS) is 10.8. The number of hydrogen-bond donors (Lipinski definition) is 1. The van der Waals surface area contributed by atoms with Crippen LogP contribution in [-0.2, 0) is 6.67 Å². The topological polar surface area (TPSA) is 35.2 Å². The minimum atomic E-state index is -0.499. The van der Waals surface area contributed by atoms with Crippen molar-refractivity contribution in [3.8, 4) is 5.75 Å². The molecule has 1 rings (SSSR count). The molecule has 3 heteroatoms. The molecule has 0 aliphatic heterocycles. The summed E-state index contributed by atoms with van der Waals surface area (Å²) in [7, 11) is 1.57. The molecule has 0 amide bonds. The molecule has 0 heterocycles. The van der Waals surface area contributed by atoms with Gasteiger partial charge in [-0.25, -0.2) is 4.39 Å². The molecule has 0 unspecified atom stereocenters.